The lowest BCUT2D eigenvalue weighted by atomic mass is 10.0. The van der Waals surface area contributed by atoms with Crippen molar-refractivity contribution in [1.29, 1.82) is 0 Å². The van der Waals surface area contributed by atoms with Crippen molar-refractivity contribution < 1.29 is 8.78 Å². The van der Waals surface area contributed by atoms with E-state index in [4.69, 9.17) is 0 Å². The minimum Gasteiger partial charge on any atom is -0.310 e. The van der Waals surface area contributed by atoms with Crippen LogP contribution in [0.4, 0.5) is 8.78 Å². The summed E-state index contributed by atoms with van der Waals surface area (Å²) in [5.74, 6) is -1.51. The zero-order chi connectivity index (χ0) is 13.5. The van der Waals surface area contributed by atoms with Crippen molar-refractivity contribution in [3.63, 3.8) is 0 Å². The fourth-order valence-corrected chi connectivity index (χ4v) is 1.91. The van der Waals surface area contributed by atoms with Gasteiger partial charge in [-0.3, -0.25) is 0 Å². The molecule has 18 heavy (non-hydrogen) atoms. The topological polar surface area (TPSA) is 15.3 Å². The van der Waals surface area contributed by atoms with Crippen LogP contribution < -0.4 is 5.32 Å². The highest BCUT2D eigenvalue weighted by Gasteiger charge is 2.17. The van der Waals surface area contributed by atoms with Gasteiger partial charge in [-0.2, -0.15) is 0 Å². The van der Waals surface area contributed by atoms with Gasteiger partial charge < -0.3 is 10.2 Å². The lowest BCUT2D eigenvalue weighted by Crippen LogP contribution is -2.28. The van der Waals surface area contributed by atoms with E-state index in [1.165, 1.54) is 0 Å². The van der Waals surface area contributed by atoms with Crippen LogP contribution in [-0.4, -0.2) is 31.6 Å². The van der Waals surface area contributed by atoms with Gasteiger partial charge in [0.2, 0.25) is 0 Å². The van der Waals surface area contributed by atoms with Crippen molar-refractivity contribution in [2.75, 3.05) is 26.7 Å². The van der Waals surface area contributed by atoms with E-state index in [1.807, 2.05) is 14.0 Å². The molecule has 1 rings (SSSR count). The van der Waals surface area contributed by atoms with E-state index in [2.05, 4.69) is 17.1 Å². The van der Waals surface area contributed by atoms with Crippen LogP contribution in [0.5, 0.6) is 0 Å². The normalized spacial score (nSPS) is 13.0. The molecule has 0 saturated carbocycles. The minimum absolute atomic E-state index is 0.139. The van der Waals surface area contributed by atoms with Crippen molar-refractivity contribution >= 4 is 0 Å². The predicted molar refractivity (Wildman–Crippen MR) is 70.6 cm³/mol. The third kappa shape index (κ3) is 4.03. The fraction of sp³-hybridized carbons (Fsp3) is 0.571. The van der Waals surface area contributed by atoms with Gasteiger partial charge in [-0.25, -0.2) is 8.78 Å². The molecular formula is C14H22F2N2. The van der Waals surface area contributed by atoms with E-state index < -0.39 is 11.6 Å². The Bertz CT molecular complexity index is 369. The zero-order valence-corrected chi connectivity index (χ0v) is 11.3. The van der Waals surface area contributed by atoms with Crippen LogP contribution in [-0.2, 0) is 0 Å². The van der Waals surface area contributed by atoms with Gasteiger partial charge >= 0.3 is 0 Å². The van der Waals surface area contributed by atoms with Crippen molar-refractivity contribution in [2.45, 2.75) is 26.3 Å². The molecule has 0 aliphatic heterocycles. The Morgan fingerprint density at radius 1 is 1.28 bits per heavy atom. The maximum Gasteiger partial charge on any atom is 0.163 e. The van der Waals surface area contributed by atoms with Gasteiger partial charge in [-0.15, -0.1) is 0 Å². The second-order valence-corrected chi connectivity index (χ2v) is 4.44. The van der Waals surface area contributed by atoms with Crippen LogP contribution in [0.25, 0.3) is 0 Å². The van der Waals surface area contributed by atoms with Gasteiger partial charge in [0.05, 0.1) is 0 Å². The molecule has 0 aliphatic rings. The standard InChI is InChI=1S/C14H22F2N2/c1-4-17-13(9-10-18(3)5-2)11-7-6-8-12(15)14(11)16/h6-8,13,17H,4-5,9-10H2,1-3H3. The van der Waals surface area contributed by atoms with E-state index in [9.17, 15) is 8.78 Å². The first-order valence-electron chi connectivity index (χ1n) is 6.46. The highest BCUT2D eigenvalue weighted by atomic mass is 19.2. The number of rotatable bonds is 7. The molecule has 2 nitrogen and oxygen atoms in total. The van der Waals surface area contributed by atoms with Gasteiger partial charge in [-0.1, -0.05) is 26.0 Å². The Kier molecular flexibility index (Phi) is 6.22. The molecule has 0 fully saturated rings. The molecule has 0 aliphatic carbocycles. The van der Waals surface area contributed by atoms with E-state index in [0.29, 0.717) is 5.56 Å². The summed E-state index contributed by atoms with van der Waals surface area (Å²) in [7, 11) is 2.02. The number of nitrogens with zero attached hydrogens (tertiary/aromatic N) is 1. The lowest BCUT2D eigenvalue weighted by Gasteiger charge is -2.22. The van der Waals surface area contributed by atoms with Crippen molar-refractivity contribution in [2.24, 2.45) is 0 Å². The average molecular weight is 256 g/mol. The van der Waals surface area contributed by atoms with Crippen molar-refractivity contribution in [3.05, 3.63) is 35.4 Å². The number of hydrogen-bond acceptors (Lipinski definition) is 2. The van der Waals surface area contributed by atoms with Gasteiger partial charge in [0.25, 0.3) is 0 Å². The second kappa shape index (κ2) is 7.44. The lowest BCUT2D eigenvalue weighted by molar-refractivity contribution is 0.319. The number of halogens is 2. The van der Waals surface area contributed by atoms with Crippen molar-refractivity contribution in [1.82, 2.24) is 10.2 Å². The van der Waals surface area contributed by atoms with Crippen LogP contribution in [0.1, 0.15) is 31.9 Å². The Hall–Kier alpha value is -1.00. The molecule has 0 spiro atoms. The van der Waals surface area contributed by atoms with Gasteiger partial charge in [-0.05, 0) is 39.2 Å². The van der Waals surface area contributed by atoms with Crippen LogP contribution in [0.15, 0.2) is 18.2 Å². The summed E-state index contributed by atoms with van der Waals surface area (Å²) >= 11 is 0. The molecule has 102 valence electrons. The molecular weight excluding hydrogens is 234 g/mol. The highest BCUT2D eigenvalue weighted by molar-refractivity contribution is 5.22. The van der Waals surface area contributed by atoms with Crippen molar-refractivity contribution in [3.8, 4) is 0 Å². The Morgan fingerprint density at radius 2 is 2.00 bits per heavy atom. The molecule has 0 saturated heterocycles. The van der Waals surface area contributed by atoms with Crippen LogP contribution in [0, 0.1) is 11.6 Å². The molecule has 0 aromatic heterocycles. The Balaban J connectivity index is 2.80. The summed E-state index contributed by atoms with van der Waals surface area (Å²) in [5.41, 5.74) is 0.418. The monoisotopic (exact) mass is 256 g/mol. The van der Waals surface area contributed by atoms with E-state index in [0.717, 1.165) is 32.1 Å². The molecule has 1 atom stereocenters. The molecule has 1 unspecified atom stereocenters. The minimum atomic E-state index is -0.778. The summed E-state index contributed by atoms with van der Waals surface area (Å²) in [5, 5.41) is 3.21. The smallest absolute Gasteiger partial charge is 0.163 e. The highest BCUT2D eigenvalue weighted by Crippen LogP contribution is 2.22. The van der Waals surface area contributed by atoms with E-state index in [1.54, 1.807) is 12.1 Å². The fourth-order valence-electron chi connectivity index (χ4n) is 1.91. The maximum absolute atomic E-state index is 13.8. The maximum atomic E-state index is 13.8. The molecule has 1 N–H and O–H groups in total. The first kappa shape index (κ1) is 15.1. The Morgan fingerprint density at radius 3 is 2.61 bits per heavy atom. The summed E-state index contributed by atoms with van der Waals surface area (Å²) in [6, 6.07) is 4.22. The summed E-state index contributed by atoms with van der Waals surface area (Å²) in [6.45, 7) is 6.57. The number of benzene rings is 1. The molecule has 1 aromatic rings. The molecule has 0 amide bonds. The van der Waals surface area contributed by atoms with Gasteiger partial charge in [0.15, 0.2) is 11.6 Å². The van der Waals surface area contributed by atoms with Crippen LogP contribution in [0.2, 0.25) is 0 Å². The molecule has 0 radical (unpaired) electrons. The summed E-state index contributed by atoms with van der Waals surface area (Å²) in [4.78, 5) is 2.15. The second-order valence-electron chi connectivity index (χ2n) is 4.44. The zero-order valence-electron chi connectivity index (χ0n) is 11.3. The molecule has 1 aromatic carbocycles. The first-order valence-corrected chi connectivity index (χ1v) is 6.46. The number of nitrogens with one attached hydrogen (secondary N) is 1. The predicted octanol–water partition coefficient (Wildman–Crippen LogP) is 2.96. The molecule has 4 heteroatoms. The average Bonchev–Trinajstić information content (AvgIpc) is 2.37. The summed E-state index contributed by atoms with van der Waals surface area (Å²) < 4.78 is 27.0. The van der Waals surface area contributed by atoms with Gasteiger partial charge in [0.1, 0.15) is 0 Å². The summed E-state index contributed by atoms with van der Waals surface area (Å²) in [6.07, 6.45) is 0.762. The van der Waals surface area contributed by atoms with Gasteiger partial charge in [0, 0.05) is 11.6 Å². The van der Waals surface area contributed by atoms with E-state index >= 15 is 0 Å². The number of hydrogen-bond donors (Lipinski definition) is 1. The Labute approximate surface area is 108 Å². The SMILES string of the molecule is CCNC(CCN(C)CC)c1cccc(F)c1F. The van der Waals surface area contributed by atoms with Crippen LogP contribution in [0.3, 0.4) is 0 Å². The molecule has 0 heterocycles. The van der Waals surface area contributed by atoms with E-state index in [-0.39, 0.29) is 6.04 Å². The quantitative estimate of drug-likeness (QED) is 0.807. The largest absolute Gasteiger partial charge is 0.310 e. The molecule has 0 bridgehead atoms. The third-order valence-electron chi connectivity index (χ3n) is 3.15. The van der Waals surface area contributed by atoms with Crippen LogP contribution >= 0.6 is 0 Å². The third-order valence-corrected chi connectivity index (χ3v) is 3.15. The first-order chi connectivity index (χ1) is 8.60.